The van der Waals surface area contributed by atoms with Gasteiger partial charge in [-0.1, -0.05) is 11.2 Å². The maximum Gasteiger partial charge on any atom is 0.414 e. The number of carbonyl (C=O) groups excluding carboxylic acids is 1. The van der Waals surface area contributed by atoms with Crippen molar-refractivity contribution in [1.29, 1.82) is 0 Å². The van der Waals surface area contributed by atoms with E-state index in [0.717, 1.165) is 41.8 Å². The van der Waals surface area contributed by atoms with Crippen LogP contribution in [0.1, 0.15) is 17.7 Å². The molecule has 1 atom stereocenters. The van der Waals surface area contributed by atoms with Crippen LogP contribution < -0.4 is 10.6 Å². The Balaban J connectivity index is 1.71. The second kappa shape index (κ2) is 5.14. The van der Waals surface area contributed by atoms with Gasteiger partial charge in [0.25, 0.3) is 0 Å². The number of carbonyl (C=O) groups is 1. The van der Waals surface area contributed by atoms with Gasteiger partial charge in [-0.05, 0) is 36.1 Å². The number of aryl methyl sites for hydroxylation is 2. The molecule has 0 radical (unpaired) electrons. The zero-order chi connectivity index (χ0) is 15.1. The summed E-state index contributed by atoms with van der Waals surface area (Å²) in [4.78, 5) is 13.6. The van der Waals surface area contributed by atoms with Crippen LogP contribution in [0.15, 0.2) is 28.9 Å². The van der Waals surface area contributed by atoms with E-state index < -0.39 is 0 Å². The van der Waals surface area contributed by atoms with Crippen LogP contribution in [0.5, 0.6) is 0 Å². The van der Waals surface area contributed by atoms with Gasteiger partial charge in [-0.25, -0.2) is 4.79 Å². The smallest absolute Gasteiger partial charge is 0.414 e. The van der Waals surface area contributed by atoms with E-state index in [2.05, 4.69) is 11.2 Å². The number of aromatic nitrogens is 1. The highest BCUT2D eigenvalue weighted by molar-refractivity contribution is 5.90. The number of ether oxygens (including phenoxy) is 1. The average molecular weight is 299 g/mol. The van der Waals surface area contributed by atoms with Crippen molar-refractivity contribution in [2.24, 2.45) is 5.73 Å². The number of amides is 1. The first-order valence-electron chi connectivity index (χ1n) is 7.51. The van der Waals surface area contributed by atoms with E-state index in [1.807, 2.05) is 12.1 Å². The molecule has 2 aliphatic rings. The van der Waals surface area contributed by atoms with Crippen molar-refractivity contribution < 1.29 is 14.1 Å². The summed E-state index contributed by atoms with van der Waals surface area (Å²) in [5, 5.41) is 3.90. The Morgan fingerprint density at radius 1 is 1.32 bits per heavy atom. The highest BCUT2D eigenvalue weighted by Crippen LogP contribution is 2.35. The Kier molecular flexibility index (Phi) is 3.11. The van der Waals surface area contributed by atoms with Crippen LogP contribution in [0.4, 0.5) is 10.5 Å². The molecule has 4 rings (SSSR count). The molecule has 114 valence electrons. The predicted molar refractivity (Wildman–Crippen MR) is 80.6 cm³/mol. The van der Waals surface area contributed by atoms with E-state index in [-0.39, 0.29) is 12.2 Å². The number of nitrogens with zero attached hydrogens (tertiary/aromatic N) is 2. The minimum Gasteiger partial charge on any atom is -0.443 e. The molecular weight excluding hydrogens is 282 g/mol. The van der Waals surface area contributed by atoms with Crippen molar-refractivity contribution in [3.05, 3.63) is 35.7 Å². The van der Waals surface area contributed by atoms with Gasteiger partial charge in [0.1, 0.15) is 11.9 Å². The SMILES string of the molecule is NC[C@H]1CN(c2ccc3c(c2)CCCc2oncc2-3)C(=O)O1. The minimum atomic E-state index is -0.324. The van der Waals surface area contributed by atoms with Crippen LogP contribution in [0.25, 0.3) is 11.1 Å². The summed E-state index contributed by atoms with van der Waals surface area (Å²) in [5.41, 5.74) is 9.86. The number of hydrogen-bond donors (Lipinski definition) is 1. The van der Waals surface area contributed by atoms with E-state index in [1.165, 1.54) is 5.56 Å². The number of anilines is 1. The fourth-order valence-electron chi connectivity index (χ4n) is 3.18. The summed E-state index contributed by atoms with van der Waals surface area (Å²) in [6, 6.07) is 6.05. The van der Waals surface area contributed by atoms with Gasteiger partial charge in [-0.15, -0.1) is 0 Å². The summed E-state index contributed by atoms with van der Waals surface area (Å²) in [5.74, 6) is 0.940. The molecule has 6 heteroatoms. The number of rotatable bonds is 2. The van der Waals surface area contributed by atoms with Gasteiger partial charge < -0.3 is 15.0 Å². The van der Waals surface area contributed by atoms with Gasteiger partial charge in [0, 0.05) is 24.2 Å². The van der Waals surface area contributed by atoms with E-state index in [9.17, 15) is 4.79 Å². The van der Waals surface area contributed by atoms with Gasteiger partial charge in [-0.3, -0.25) is 4.90 Å². The average Bonchev–Trinajstić information content (AvgIpc) is 3.10. The highest BCUT2D eigenvalue weighted by atomic mass is 16.6. The van der Waals surface area contributed by atoms with Gasteiger partial charge in [0.05, 0.1) is 12.7 Å². The second-order valence-corrected chi connectivity index (χ2v) is 5.71. The van der Waals surface area contributed by atoms with Crippen molar-refractivity contribution >= 4 is 11.8 Å². The molecule has 0 spiro atoms. The molecule has 1 aromatic heterocycles. The quantitative estimate of drug-likeness (QED) is 0.918. The van der Waals surface area contributed by atoms with Crippen LogP contribution in [-0.2, 0) is 17.6 Å². The lowest BCUT2D eigenvalue weighted by Gasteiger charge is -2.15. The minimum absolute atomic E-state index is 0.226. The summed E-state index contributed by atoms with van der Waals surface area (Å²) in [7, 11) is 0. The van der Waals surface area contributed by atoms with Crippen molar-refractivity contribution in [2.75, 3.05) is 18.0 Å². The fraction of sp³-hybridized carbons (Fsp3) is 0.375. The van der Waals surface area contributed by atoms with Crippen molar-refractivity contribution in [3.63, 3.8) is 0 Å². The number of hydrogen-bond acceptors (Lipinski definition) is 5. The van der Waals surface area contributed by atoms with Crippen LogP contribution in [0.3, 0.4) is 0 Å². The van der Waals surface area contributed by atoms with E-state index in [4.69, 9.17) is 15.0 Å². The molecule has 6 nitrogen and oxygen atoms in total. The first-order valence-corrected chi connectivity index (χ1v) is 7.51. The van der Waals surface area contributed by atoms with E-state index in [1.54, 1.807) is 11.1 Å². The molecule has 1 aliphatic heterocycles. The lowest BCUT2D eigenvalue weighted by atomic mass is 9.99. The maximum absolute atomic E-state index is 12.0. The summed E-state index contributed by atoms with van der Waals surface area (Å²) in [6.07, 6.45) is 4.07. The molecule has 1 fully saturated rings. The van der Waals surface area contributed by atoms with E-state index >= 15 is 0 Å². The molecule has 2 N–H and O–H groups in total. The van der Waals surface area contributed by atoms with Gasteiger partial charge in [0.2, 0.25) is 0 Å². The Labute approximate surface area is 127 Å². The Morgan fingerprint density at radius 3 is 3.05 bits per heavy atom. The van der Waals surface area contributed by atoms with Crippen molar-refractivity contribution in [3.8, 4) is 11.1 Å². The number of fused-ring (bicyclic) bond motifs is 3. The van der Waals surface area contributed by atoms with Gasteiger partial charge in [0.15, 0.2) is 0 Å². The first kappa shape index (κ1) is 13.3. The maximum atomic E-state index is 12.0. The summed E-state index contributed by atoms with van der Waals surface area (Å²) < 4.78 is 10.5. The first-order chi connectivity index (χ1) is 10.8. The highest BCUT2D eigenvalue weighted by Gasteiger charge is 2.32. The van der Waals surface area contributed by atoms with Crippen LogP contribution in [0.2, 0.25) is 0 Å². The van der Waals surface area contributed by atoms with Crippen molar-refractivity contribution in [1.82, 2.24) is 5.16 Å². The number of nitrogens with two attached hydrogens (primary N) is 1. The molecule has 2 aromatic rings. The molecular formula is C16H17N3O3. The van der Waals surface area contributed by atoms with Crippen LogP contribution in [0, 0.1) is 0 Å². The molecule has 1 amide bonds. The zero-order valence-corrected chi connectivity index (χ0v) is 12.1. The fourth-order valence-corrected chi connectivity index (χ4v) is 3.18. The molecule has 22 heavy (non-hydrogen) atoms. The predicted octanol–water partition coefficient (Wildman–Crippen LogP) is 2.11. The topological polar surface area (TPSA) is 81.6 Å². The molecule has 0 unspecified atom stereocenters. The van der Waals surface area contributed by atoms with Crippen molar-refractivity contribution in [2.45, 2.75) is 25.4 Å². The molecule has 1 saturated heterocycles. The molecule has 0 saturated carbocycles. The third-order valence-corrected chi connectivity index (χ3v) is 4.32. The third kappa shape index (κ3) is 2.07. The second-order valence-electron chi connectivity index (χ2n) is 5.71. The third-order valence-electron chi connectivity index (χ3n) is 4.32. The normalized spacial score (nSPS) is 20.3. The Hall–Kier alpha value is -2.34. The summed E-state index contributed by atoms with van der Waals surface area (Å²) in [6.45, 7) is 0.851. The summed E-state index contributed by atoms with van der Waals surface area (Å²) >= 11 is 0. The van der Waals surface area contributed by atoms with Crippen LogP contribution >= 0.6 is 0 Å². The molecule has 1 aromatic carbocycles. The number of benzene rings is 1. The standard InChI is InChI=1S/C16H17N3O3/c17-7-12-9-19(16(20)21-12)11-4-5-13-10(6-11)2-1-3-15-14(13)8-18-22-15/h4-6,8,12H,1-3,7,9,17H2/t12-/m0/s1. The number of cyclic esters (lactones) is 1. The lowest BCUT2D eigenvalue weighted by molar-refractivity contribution is 0.145. The lowest BCUT2D eigenvalue weighted by Crippen LogP contribution is -2.27. The van der Waals surface area contributed by atoms with Crippen LogP contribution in [-0.4, -0.2) is 30.4 Å². The molecule has 1 aliphatic carbocycles. The molecule has 2 heterocycles. The largest absolute Gasteiger partial charge is 0.443 e. The van der Waals surface area contributed by atoms with Gasteiger partial charge >= 0.3 is 6.09 Å². The Bertz CT molecular complexity index is 725. The van der Waals surface area contributed by atoms with Gasteiger partial charge in [-0.2, -0.15) is 0 Å². The monoisotopic (exact) mass is 299 g/mol. The zero-order valence-electron chi connectivity index (χ0n) is 12.1. The Morgan fingerprint density at radius 2 is 2.23 bits per heavy atom. The molecule has 0 bridgehead atoms. The van der Waals surface area contributed by atoms with E-state index in [0.29, 0.717) is 13.1 Å².